The van der Waals surface area contributed by atoms with E-state index >= 15 is 0 Å². The molecular weight excluding hydrogens is 284 g/mol. The minimum absolute atomic E-state index is 0.160. The van der Waals surface area contributed by atoms with Crippen LogP contribution in [0.5, 0.6) is 0 Å². The van der Waals surface area contributed by atoms with Gasteiger partial charge >= 0.3 is 0 Å². The van der Waals surface area contributed by atoms with E-state index in [0.29, 0.717) is 12.2 Å². The van der Waals surface area contributed by atoms with Crippen molar-refractivity contribution in [3.63, 3.8) is 0 Å². The highest BCUT2D eigenvalue weighted by atomic mass is 32.1. The highest BCUT2D eigenvalue weighted by Crippen LogP contribution is 2.26. The number of fused-ring (bicyclic) bond motifs is 1. The average Bonchev–Trinajstić information content (AvgIpc) is 3.10. The lowest BCUT2D eigenvalue weighted by Crippen LogP contribution is -2.27. The SMILES string of the molecule is Cc1cc(C(=O)NCC(C)c2nc3ccccc3s2)n[nH]1. The Kier molecular flexibility index (Phi) is 3.70. The van der Waals surface area contributed by atoms with Gasteiger partial charge in [0.15, 0.2) is 0 Å². The van der Waals surface area contributed by atoms with Crippen LogP contribution < -0.4 is 5.32 Å². The molecule has 21 heavy (non-hydrogen) atoms. The van der Waals surface area contributed by atoms with Crippen LogP contribution in [0, 0.1) is 6.92 Å². The molecule has 0 aliphatic rings. The number of nitrogens with zero attached hydrogens (tertiary/aromatic N) is 2. The summed E-state index contributed by atoms with van der Waals surface area (Å²) in [5, 5.41) is 10.7. The first kappa shape index (κ1) is 13.8. The number of amides is 1. The Labute approximate surface area is 126 Å². The van der Waals surface area contributed by atoms with Gasteiger partial charge in [0.05, 0.1) is 15.2 Å². The van der Waals surface area contributed by atoms with E-state index in [2.05, 4.69) is 33.5 Å². The highest BCUT2D eigenvalue weighted by molar-refractivity contribution is 7.18. The summed E-state index contributed by atoms with van der Waals surface area (Å²) in [5.41, 5.74) is 2.31. The maximum absolute atomic E-state index is 12.0. The second-order valence-corrected chi connectivity index (χ2v) is 6.13. The molecule has 0 radical (unpaired) electrons. The van der Waals surface area contributed by atoms with Crippen LogP contribution in [0.4, 0.5) is 0 Å². The molecule has 0 bridgehead atoms. The molecule has 0 fully saturated rings. The molecule has 1 amide bonds. The summed E-state index contributed by atoms with van der Waals surface area (Å²) >= 11 is 1.67. The van der Waals surface area contributed by atoms with Crippen molar-refractivity contribution in [1.82, 2.24) is 20.5 Å². The third-order valence-electron chi connectivity index (χ3n) is 3.24. The Bertz CT molecular complexity index is 744. The van der Waals surface area contributed by atoms with Crippen molar-refractivity contribution in [3.8, 4) is 0 Å². The Morgan fingerprint density at radius 2 is 2.24 bits per heavy atom. The summed E-state index contributed by atoms with van der Waals surface area (Å²) in [6.07, 6.45) is 0. The number of benzene rings is 1. The molecule has 3 aromatic rings. The van der Waals surface area contributed by atoms with Gasteiger partial charge in [0.1, 0.15) is 5.69 Å². The molecule has 6 heteroatoms. The van der Waals surface area contributed by atoms with Gasteiger partial charge in [-0.15, -0.1) is 11.3 Å². The Morgan fingerprint density at radius 1 is 1.43 bits per heavy atom. The smallest absolute Gasteiger partial charge is 0.271 e. The van der Waals surface area contributed by atoms with Gasteiger partial charge in [0.25, 0.3) is 5.91 Å². The summed E-state index contributed by atoms with van der Waals surface area (Å²) in [4.78, 5) is 16.6. The number of carbonyl (C=O) groups is 1. The van der Waals surface area contributed by atoms with Crippen molar-refractivity contribution in [2.75, 3.05) is 6.54 Å². The summed E-state index contributed by atoms with van der Waals surface area (Å²) < 4.78 is 1.17. The molecule has 3 rings (SSSR count). The second-order valence-electron chi connectivity index (χ2n) is 5.07. The van der Waals surface area contributed by atoms with Crippen molar-refractivity contribution in [3.05, 3.63) is 46.7 Å². The van der Waals surface area contributed by atoms with Gasteiger partial charge in [-0.25, -0.2) is 4.98 Å². The summed E-state index contributed by atoms with van der Waals surface area (Å²) in [6, 6.07) is 9.80. The molecule has 0 aliphatic carbocycles. The van der Waals surface area contributed by atoms with Gasteiger partial charge in [-0.3, -0.25) is 9.89 Å². The molecule has 2 heterocycles. The number of rotatable bonds is 4. The van der Waals surface area contributed by atoms with Crippen LogP contribution in [0.1, 0.15) is 34.0 Å². The fourth-order valence-corrected chi connectivity index (χ4v) is 3.08. The monoisotopic (exact) mass is 300 g/mol. The van der Waals surface area contributed by atoms with Crippen molar-refractivity contribution in [1.29, 1.82) is 0 Å². The molecule has 0 aliphatic heterocycles. The quantitative estimate of drug-likeness (QED) is 0.778. The number of para-hydroxylation sites is 1. The zero-order valence-corrected chi connectivity index (χ0v) is 12.7. The first-order valence-corrected chi connectivity index (χ1v) is 7.61. The third kappa shape index (κ3) is 2.95. The van der Waals surface area contributed by atoms with E-state index < -0.39 is 0 Å². The van der Waals surface area contributed by atoms with E-state index in [0.717, 1.165) is 16.2 Å². The highest BCUT2D eigenvalue weighted by Gasteiger charge is 2.14. The van der Waals surface area contributed by atoms with Crippen LogP contribution in [0.15, 0.2) is 30.3 Å². The lowest BCUT2D eigenvalue weighted by Gasteiger charge is -2.08. The minimum atomic E-state index is -0.160. The number of aryl methyl sites for hydroxylation is 1. The van der Waals surface area contributed by atoms with Gasteiger partial charge in [-0.05, 0) is 25.1 Å². The van der Waals surface area contributed by atoms with Crippen molar-refractivity contribution in [2.45, 2.75) is 19.8 Å². The normalized spacial score (nSPS) is 12.5. The van der Waals surface area contributed by atoms with Crippen molar-refractivity contribution in [2.24, 2.45) is 0 Å². The summed E-state index contributed by atoms with van der Waals surface area (Å²) in [5.74, 6) is 0.0127. The second kappa shape index (κ2) is 5.65. The van der Waals surface area contributed by atoms with Gasteiger partial charge in [-0.2, -0.15) is 5.10 Å². The zero-order valence-electron chi connectivity index (χ0n) is 11.9. The predicted molar refractivity (Wildman–Crippen MR) is 83.7 cm³/mol. The molecule has 5 nitrogen and oxygen atoms in total. The van der Waals surface area contributed by atoms with E-state index in [1.807, 2.05) is 25.1 Å². The summed E-state index contributed by atoms with van der Waals surface area (Å²) in [7, 11) is 0. The Balaban J connectivity index is 1.66. The molecule has 108 valence electrons. The molecule has 1 atom stereocenters. The Hall–Kier alpha value is -2.21. The predicted octanol–water partition coefficient (Wildman–Crippen LogP) is 2.86. The maximum atomic E-state index is 12.0. The molecule has 0 spiro atoms. The first-order chi connectivity index (χ1) is 10.1. The first-order valence-electron chi connectivity index (χ1n) is 6.79. The molecule has 2 N–H and O–H groups in total. The average molecular weight is 300 g/mol. The van der Waals surface area contributed by atoms with Crippen LogP contribution in [0.3, 0.4) is 0 Å². The number of aromatic amines is 1. The standard InChI is InChI=1S/C15H16N4OS/c1-9(8-16-14(20)12-7-10(2)18-19-12)15-17-11-5-3-4-6-13(11)21-15/h3-7,9H,8H2,1-2H3,(H,16,20)(H,18,19). The topological polar surface area (TPSA) is 70.7 Å². The number of hydrogen-bond acceptors (Lipinski definition) is 4. The van der Waals surface area contributed by atoms with Crippen LogP contribution in [-0.2, 0) is 0 Å². The van der Waals surface area contributed by atoms with Crippen LogP contribution in [0.25, 0.3) is 10.2 Å². The van der Waals surface area contributed by atoms with Crippen LogP contribution >= 0.6 is 11.3 Å². The van der Waals surface area contributed by atoms with E-state index in [4.69, 9.17) is 0 Å². The van der Waals surface area contributed by atoms with E-state index in [1.54, 1.807) is 17.4 Å². The molecule has 1 unspecified atom stereocenters. The fraction of sp³-hybridized carbons (Fsp3) is 0.267. The Morgan fingerprint density at radius 3 is 2.95 bits per heavy atom. The summed E-state index contributed by atoms with van der Waals surface area (Å²) in [6.45, 7) is 4.48. The number of hydrogen-bond donors (Lipinski definition) is 2. The molecule has 1 aromatic carbocycles. The maximum Gasteiger partial charge on any atom is 0.271 e. The van der Waals surface area contributed by atoms with Gasteiger partial charge in [0, 0.05) is 18.2 Å². The van der Waals surface area contributed by atoms with Crippen LogP contribution in [0.2, 0.25) is 0 Å². The molecule has 2 aromatic heterocycles. The van der Waals surface area contributed by atoms with Crippen molar-refractivity contribution < 1.29 is 4.79 Å². The largest absolute Gasteiger partial charge is 0.350 e. The minimum Gasteiger partial charge on any atom is -0.350 e. The number of thiazole rings is 1. The van der Waals surface area contributed by atoms with Gasteiger partial charge < -0.3 is 5.32 Å². The molecule has 0 saturated heterocycles. The van der Waals surface area contributed by atoms with E-state index in [9.17, 15) is 4.79 Å². The van der Waals surface area contributed by atoms with E-state index in [1.165, 1.54) is 4.70 Å². The van der Waals surface area contributed by atoms with Gasteiger partial charge in [0.2, 0.25) is 0 Å². The van der Waals surface area contributed by atoms with Crippen LogP contribution in [-0.4, -0.2) is 27.6 Å². The zero-order chi connectivity index (χ0) is 14.8. The number of carbonyl (C=O) groups excluding carboxylic acids is 1. The van der Waals surface area contributed by atoms with Gasteiger partial charge in [-0.1, -0.05) is 19.1 Å². The number of nitrogens with one attached hydrogen (secondary N) is 2. The number of aromatic nitrogens is 3. The van der Waals surface area contributed by atoms with E-state index in [-0.39, 0.29) is 11.8 Å². The molecular formula is C15H16N4OS. The molecule has 0 saturated carbocycles. The third-order valence-corrected chi connectivity index (χ3v) is 4.51. The number of H-pyrrole nitrogens is 1. The fourth-order valence-electron chi connectivity index (χ4n) is 2.06. The lowest BCUT2D eigenvalue weighted by molar-refractivity contribution is 0.0946. The van der Waals surface area contributed by atoms with Crippen molar-refractivity contribution >= 4 is 27.5 Å². The lowest BCUT2D eigenvalue weighted by atomic mass is 10.2.